The van der Waals surface area contributed by atoms with E-state index in [4.69, 9.17) is 4.74 Å². The number of carboxylic acids is 1. The zero-order valence-corrected chi connectivity index (χ0v) is 27.2. The van der Waals surface area contributed by atoms with Crippen LogP contribution in [0, 0.1) is 28.6 Å². The Balaban J connectivity index is 1.31. The van der Waals surface area contributed by atoms with E-state index in [2.05, 4.69) is 77.7 Å². The van der Waals surface area contributed by atoms with Gasteiger partial charge in [-0.3, -0.25) is 0 Å². The van der Waals surface area contributed by atoms with E-state index in [1.54, 1.807) is 13.0 Å². The highest BCUT2D eigenvalue weighted by Gasteiger charge is 2.66. The first-order valence-corrected chi connectivity index (χ1v) is 16.4. The van der Waals surface area contributed by atoms with Crippen LogP contribution >= 0.6 is 0 Å². The summed E-state index contributed by atoms with van der Waals surface area (Å²) in [7, 11) is 0. The number of benzene rings is 1. The number of hydrogen-bond acceptors (Lipinski definition) is 3. The zero-order chi connectivity index (χ0) is 30.9. The van der Waals surface area contributed by atoms with Gasteiger partial charge < -0.3 is 19.9 Å². The number of H-pyrrole nitrogens is 1. The van der Waals surface area contributed by atoms with Crippen molar-refractivity contribution in [2.45, 2.75) is 117 Å². The van der Waals surface area contributed by atoms with Gasteiger partial charge in [0.2, 0.25) is 0 Å². The van der Waals surface area contributed by atoms with Crippen LogP contribution in [0.1, 0.15) is 103 Å². The normalized spacial score (nSPS) is 39.2. The second-order valence-corrected chi connectivity index (χ2v) is 16.3. The number of aromatic amines is 1. The second kappa shape index (κ2) is 8.97. The Labute approximate surface area is 256 Å². The van der Waals surface area contributed by atoms with Gasteiger partial charge in [-0.15, -0.1) is 0 Å². The van der Waals surface area contributed by atoms with Gasteiger partial charge in [-0.1, -0.05) is 39.0 Å². The molecule has 1 aromatic carbocycles. The van der Waals surface area contributed by atoms with Crippen molar-refractivity contribution in [1.29, 1.82) is 0 Å². The number of allylic oxidation sites excluding steroid dienone is 2. The van der Waals surface area contributed by atoms with E-state index in [-0.39, 0.29) is 22.0 Å². The highest BCUT2D eigenvalue weighted by Crippen LogP contribution is 2.70. The van der Waals surface area contributed by atoms with Crippen molar-refractivity contribution in [3.05, 3.63) is 64.4 Å². The number of nitrogens with one attached hydrogen (secondary N) is 1. The van der Waals surface area contributed by atoms with Crippen LogP contribution in [0.25, 0.3) is 16.5 Å². The molecule has 3 N–H and O–H groups in total. The van der Waals surface area contributed by atoms with Crippen molar-refractivity contribution in [2.75, 3.05) is 0 Å². The molecule has 5 aliphatic rings. The number of rotatable bonds is 3. The molecule has 0 amide bonds. The molecular weight excluding hydrogens is 534 g/mol. The van der Waals surface area contributed by atoms with Gasteiger partial charge in [-0.2, -0.15) is 0 Å². The predicted octanol–water partition coefficient (Wildman–Crippen LogP) is 7.91. The molecule has 43 heavy (non-hydrogen) atoms. The molecule has 0 radical (unpaired) electrons. The van der Waals surface area contributed by atoms with Gasteiger partial charge >= 0.3 is 5.97 Å². The van der Waals surface area contributed by atoms with E-state index in [9.17, 15) is 15.0 Å². The fraction of sp³-hybridized carbons (Fsp3) is 0.605. The van der Waals surface area contributed by atoms with Gasteiger partial charge in [0.05, 0.1) is 17.3 Å². The Morgan fingerprint density at radius 3 is 2.51 bits per heavy atom. The van der Waals surface area contributed by atoms with Crippen molar-refractivity contribution in [3.63, 3.8) is 0 Å². The minimum atomic E-state index is -0.906. The van der Waals surface area contributed by atoms with E-state index >= 15 is 0 Å². The van der Waals surface area contributed by atoms with Crippen LogP contribution in [-0.4, -0.2) is 38.5 Å². The van der Waals surface area contributed by atoms with Crippen LogP contribution in [0.15, 0.2) is 42.0 Å². The number of ether oxygens (including phenoxy) is 1. The number of hydrogen-bond donors (Lipinski definition) is 3. The average Bonchev–Trinajstić information content (AvgIpc) is 3.54. The van der Waals surface area contributed by atoms with Crippen LogP contribution in [0.5, 0.6) is 0 Å². The van der Waals surface area contributed by atoms with Gasteiger partial charge in [0.15, 0.2) is 0 Å². The number of aliphatic hydroxyl groups excluding tert-OH is 1. The molecule has 7 rings (SSSR count). The van der Waals surface area contributed by atoms with Crippen LogP contribution in [-0.2, 0) is 27.8 Å². The fourth-order valence-electron chi connectivity index (χ4n) is 10.9. The topological polar surface area (TPSA) is 82.5 Å². The lowest BCUT2D eigenvalue weighted by Crippen LogP contribution is -2.61. The lowest BCUT2D eigenvalue weighted by Gasteiger charge is -2.64. The zero-order valence-electron chi connectivity index (χ0n) is 27.2. The number of fused-ring (bicyclic) bond motifs is 10. The Morgan fingerprint density at radius 1 is 1.05 bits per heavy atom. The number of carbonyl (C=O) groups is 1. The number of aliphatic hydroxyl groups is 1. The molecule has 4 aliphatic carbocycles. The fourth-order valence-corrected chi connectivity index (χ4v) is 10.9. The second-order valence-electron chi connectivity index (χ2n) is 16.3. The molecule has 2 fully saturated rings. The molecule has 5 nitrogen and oxygen atoms in total. The van der Waals surface area contributed by atoms with Crippen molar-refractivity contribution in [2.24, 2.45) is 28.6 Å². The third kappa shape index (κ3) is 3.86. The molecule has 7 unspecified atom stereocenters. The molecule has 2 heterocycles. The maximum atomic E-state index is 11.4. The number of aromatic nitrogens is 1. The third-order valence-corrected chi connectivity index (χ3v) is 13.2. The van der Waals surface area contributed by atoms with Gasteiger partial charge in [-0.25, -0.2) is 4.79 Å². The highest BCUT2D eigenvalue weighted by atomic mass is 16.5. The quantitative estimate of drug-likeness (QED) is 0.253. The largest absolute Gasteiger partial charge is 0.478 e. The predicted molar refractivity (Wildman–Crippen MR) is 172 cm³/mol. The maximum Gasteiger partial charge on any atom is 0.331 e. The Hall–Kier alpha value is -2.63. The Kier molecular flexibility index (Phi) is 6.07. The summed E-state index contributed by atoms with van der Waals surface area (Å²) < 4.78 is 6.53. The summed E-state index contributed by atoms with van der Waals surface area (Å²) >= 11 is 0. The van der Waals surface area contributed by atoms with Crippen LogP contribution < -0.4 is 0 Å². The summed E-state index contributed by atoms with van der Waals surface area (Å²) in [5, 5.41) is 22.2. The Morgan fingerprint density at radius 2 is 1.79 bits per heavy atom. The number of aliphatic carboxylic acids is 1. The van der Waals surface area contributed by atoms with Crippen molar-refractivity contribution >= 4 is 22.4 Å². The van der Waals surface area contributed by atoms with Crippen LogP contribution in [0.2, 0.25) is 0 Å². The van der Waals surface area contributed by atoms with E-state index in [1.807, 2.05) is 6.08 Å². The molecule has 1 aromatic heterocycles. The van der Waals surface area contributed by atoms with Crippen molar-refractivity contribution < 1.29 is 19.7 Å². The molecule has 0 spiro atoms. The van der Waals surface area contributed by atoms with Gasteiger partial charge in [0, 0.05) is 38.9 Å². The van der Waals surface area contributed by atoms with E-state index in [0.29, 0.717) is 23.3 Å². The summed E-state index contributed by atoms with van der Waals surface area (Å²) in [5.41, 5.74) is 7.86. The lowest BCUT2D eigenvalue weighted by molar-refractivity contribution is -0.144. The maximum absolute atomic E-state index is 11.4. The molecule has 2 aromatic rings. The van der Waals surface area contributed by atoms with Crippen LogP contribution in [0.3, 0.4) is 0 Å². The average molecular weight is 584 g/mol. The molecular formula is C38H49NO4. The lowest BCUT2D eigenvalue weighted by atomic mass is 9.40. The molecule has 0 bridgehead atoms. The monoisotopic (exact) mass is 583 g/mol. The highest BCUT2D eigenvalue weighted by molar-refractivity contribution is 5.92. The minimum absolute atomic E-state index is 0.00295. The smallest absolute Gasteiger partial charge is 0.331 e. The molecule has 7 atom stereocenters. The summed E-state index contributed by atoms with van der Waals surface area (Å²) in [6.45, 7) is 17.7. The van der Waals surface area contributed by atoms with Crippen molar-refractivity contribution in [3.8, 4) is 0 Å². The molecule has 230 valence electrons. The summed E-state index contributed by atoms with van der Waals surface area (Å²) in [6.07, 6.45) is 13.7. The first-order chi connectivity index (χ1) is 20.0. The van der Waals surface area contributed by atoms with Gasteiger partial charge in [0.1, 0.15) is 0 Å². The number of carboxylic acid groups (broad SMARTS) is 1. The molecule has 2 saturated carbocycles. The van der Waals surface area contributed by atoms with Crippen molar-refractivity contribution in [1.82, 2.24) is 4.98 Å². The third-order valence-electron chi connectivity index (χ3n) is 13.2. The summed E-state index contributed by atoms with van der Waals surface area (Å²) in [5.74, 6) is 0.331. The molecule has 1 aliphatic heterocycles. The SMILES string of the molecule is CC(=CC=CC1(C)C(O)CCC2(C)C1CCC1Cc3c([nH]c4cc5c(cc34)C3=CC(C)(C)OC(C)(C)C3C5)C12C)C(=O)O. The Bertz CT molecular complexity index is 1640. The minimum Gasteiger partial charge on any atom is -0.478 e. The van der Waals surface area contributed by atoms with E-state index < -0.39 is 17.5 Å². The first-order valence-electron chi connectivity index (χ1n) is 16.4. The van der Waals surface area contributed by atoms with Crippen LogP contribution in [0.4, 0.5) is 0 Å². The van der Waals surface area contributed by atoms with Gasteiger partial charge in [0.25, 0.3) is 0 Å². The van der Waals surface area contributed by atoms with E-state index in [1.165, 1.54) is 38.9 Å². The van der Waals surface area contributed by atoms with E-state index in [0.717, 1.165) is 38.5 Å². The molecule has 0 saturated heterocycles. The standard InChI is InChI=1S/C38H49NO4/c1-21(33(41)42)10-9-14-36(6)30-12-11-23-18-26-25-19-24-22(16-28-27(24)20-34(2,3)43-35(28,4)5)17-29(25)39-32(26)38(23,8)37(30,7)15-13-31(36)40/h9-10,14,17,19-20,23,28,30-31,39-40H,11-13,15-16,18H2,1-8H3,(H,41,42). The summed E-state index contributed by atoms with van der Waals surface area (Å²) in [4.78, 5) is 15.4. The summed E-state index contributed by atoms with van der Waals surface area (Å²) in [6, 6.07) is 4.93. The van der Waals surface area contributed by atoms with Gasteiger partial charge in [-0.05, 0) is 131 Å². The molecule has 5 heteroatoms. The first kappa shape index (κ1) is 29.1.